The normalized spacial score (nSPS) is 11.2. The number of anilines is 1. The second kappa shape index (κ2) is 5.50. The minimum absolute atomic E-state index is 0.0398. The molecule has 20 heavy (non-hydrogen) atoms. The highest BCUT2D eigenvalue weighted by atomic mass is 35.5. The van der Waals surface area contributed by atoms with E-state index in [0.29, 0.717) is 16.8 Å². The molecular weight excluding hydrogens is 293 g/mol. The lowest BCUT2D eigenvalue weighted by atomic mass is 10.2. The summed E-state index contributed by atoms with van der Waals surface area (Å²) in [4.78, 5) is 15.3. The third-order valence-electron chi connectivity index (χ3n) is 2.44. The molecule has 0 spiro atoms. The zero-order chi connectivity index (χ0) is 14.8. The van der Waals surface area contributed by atoms with Crippen LogP contribution < -0.4 is 5.32 Å². The first-order valence-corrected chi connectivity index (χ1v) is 5.84. The van der Waals surface area contributed by atoms with E-state index >= 15 is 0 Å². The summed E-state index contributed by atoms with van der Waals surface area (Å²) in [5.74, 6) is -0.438. The fourth-order valence-corrected chi connectivity index (χ4v) is 1.55. The first kappa shape index (κ1) is 14.3. The highest BCUT2D eigenvalue weighted by molar-refractivity contribution is 6.30. The molecule has 2 rings (SSSR count). The Balaban J connectivity index is 2.10. The minimum Gasteiger partial charge on any atom is -0.307 e. The molecule has 1 amide bonds. The molecule has 3 nitrogen and oxygen atoms in total. The molecule has 0 aliphatic rings. The van der Waals surface area contributed by atoms with Gasteiger partial charge in [-0.05, 0) is 36.4 Å². The molecule has 0 aliphatic carbocycles. The lowest BCUT2D eigenvalue weighted by Gasteiger charge is -2.08. The van der Waals surface area contributed by atoms with E-state index in [4.69, 9.17) is 11.6 Å². The van der Waals surface area contributed by atoms with Gasteiger partial charge >= 0.3 is 6.18 Å². The van der Waals surface area contributed by atoms with Crippen molar-refractivity contribution in [3.63, 3.8) is 0 Å². The van der Waals surface area contributed by atoms with Crippen molar-refractivity contribution >= 4 is 23.3 Å². The fraction of sp³-hybridized carbons (Fsp3) is 0.0769. The monoisotopic (exact) mass is 300 g/mol. The SMILES string of the molecule is O=C(Nc1ccc(C(F)(F)F)cn1)c1ccc(Cl)cc1. The number of rotatable bonds is 2. The molecule has 0 fully saturated rings. The first-order chi connectivity index (χ1) is 9.36. The summed E-state index contributed by atoms with van der Waals surface area (Å²) < 4.78 is 37.0. The summed E-state index contributed by atoms with van der Waals surface area (Å²) in [6.07, 6.45) is -3.79. The molecule has 0 bridgehead atoms. The largest absolute Gasteiger partial charge is 0.417 e. The van der Waals surface area contributed by atoms with E-state index < -0.39 is 17.6 Å². The van der Waals surface area contributed by atoms with Crippen LogP contribution in [0.15, 0.2) is 42.6 Å². The third-order valence-corrected chi connectivity index (χ3v) is 2.69. The lowest BCUT2D eigenvalue weighted by Crippen LogP contribution is -2.13. The van der Waals surface area contributed by atoms with Gasteiger partial charge in [0.2, 0.25) is 0 Å². The molecule has 1 aromatic carbocycles. The summed E-state index contributed by atoms with van der Waals surface area (Å²) in [6, 6.07) is 8.03. The number of carbonyl (C=O) groups is 1. The van der Waals surface area contributed by atoms with Gasteiger partial charge in [0.15, 0.2) is 0 Å². The Morgan fingerprint density at radius 3 is 2.25 bits per heavy atom. The number of nitrogens with zero attached hydrogens (tertiary/aromatic N) is 1. The van der Waals surface area contributed by atoms with Gasteiger partial charge in [-0.1, -0.05) is 11.6 Å². The number of benzene rings is 1. The van der Waals surface area contributed by atoms with E-state index in [0.717, 1.165) is 12.1 Å². The van der Waals surface area contributed by atoms with Crippen molar-refractivity contribution < 1.29 is 18.0 Å². The van der Waals surface area contributed by atoms with E-state index in [1.54, 1.807) is 0 Å². The average Bonchev–Trinajstić information content (AvgIpc) is 2.39. The van der Waals surface area contributed by atoms with E-state index in [9.17, 15) is 18.0 Å². The molecule has 1 heterocycles. The molecule has 0 saturated carbocycles. The molecule has 0 unspecified atom stereocenters. The number of halogens is 4. The predicted octanol–water partition coefficient (Wildman–Crippen LogP) is 4.01. The van der Waals surface area contributed by atoms with E-state index in [1.165, 1.54) is 24.3 Å². The van der Waals surface area contributed by atoms with Crippen molar-refractivity contribution in [2.45, 2.75) is 6.18 Å². The van der Waals surface area contributed by atoms with Crippen LogP contribution in [0, 0.1) is 0 Å². The molecular formula is C13H8ClF3N2O. The Labute approximate surface area is 117 Å². The van der Waals surface area contributed by atoms with Crippen molar-refractivity contribution in [1.29, 1.82) is 0 Å². The summed E-state index contributed by atoms with van der Waals surface area (Å²) in [5, 5.41) is 2.88. The molecule has 2 aromatic rings. The van der Waals surface area contributed by atoms with Crippen LogP contribution in [-0.4, -0.2) is 10.9 Å². The van der Waals surface area contributed by atoms with Gasteiger partial charge in [-0.2, -0.15) is 13.2 Å². The third kappa shape index (κ3) is 3.48. The zero-order valence-corrected chi connectivity index (χ0v) is 10.7. The molecule has 0 saturated heterocycles. The maximum absolute atomic E-state index is 12.3. The van der Waals surface area contributed by atoms with Crippen molar-refractivity contribution in [3.8, 4) is 0 Å². The Bertz CT molecular complexity index is 609. The van der Waals surface area contributed by atoms with E-state index in [1.807, 2.05) is 0 Å². The van der Waals surface area contributed by atoms with Gasteiger partial charge in [0.1, 0.15) is 5.82 Å². The number of aromatic nitrogens is 1. The topological polar surface area (TPSA) is 42.0 Å². The molecule has 1 aromatic heterocycles. The standard InChI is InChI=1S/C13H8ClF3N2O/c14-10-4-1-8(2-5-10)12(20)19-11-6-3-9(7-18-11)13(15,16)17/h1-7H,(H,18,19,20). The predicted molar refractivity (Wildman–Crippen MR) is 68.6 cm³/mol. The van der Waals surface area contributed by atoms with Crippen molar-refractivity contribution in [3.05, 3.63) is 58.7 Å². The number of alkyl halides is 3. The van der Waals surface area contributed by atoms with Crippen LogP contribution in [0.2, 0.25) is 5.02 Å². The molecule has 0 atom stereocenters. The number of hydrogen-bond acceptors (Lipinski definition) is 2. The molecule has 0 radical (unpaired) electrons. The van der Waals surface area contributed by atoms with Gasteiger partial charge < -0.3 is 5.32 Å². The van der Waals surface area contributed by atoms with Gasteiger partial charge in [0, 0.05) is 16.8 Å². The van der Waals surface area contributed by atoms with Crippen LogP contribution in [0.4, 0.5) is 19.0 Å². The Kier molecular flexibility index (Phi) is 3.94. The summed E-state index contributed by atoms with van der Waals surface area (Å²) in [7, 11) is 0. The Hall–Kier alpha value is -2.08. The zero-order valence-electron chi connectivity index (χ0n) is 9.91. The minimum atomic E-state index is -4.45. The average molecular weight is 301 g/mol. The Morgan fingerprint density at radius 2 is 1.75 bits per heavy atom. The lowest BCUT2D eigenvalue weighted by molar-refractivity contribution is -0.137. The second-order valence-electron chi connectivity index (χ2n) is 3.89. The fourth-order valence-electron chi connectivity index (χ4n) is 1.43. The highest BCUT2D eigenvalue weighted by Gasteiger charge is 2.30. The van der Waals surface area contributed by atoms with E-state index in [2.05, 4.69) is 10.3 Å². The summed E-state index contributed by atoms with van der Waals surface area (Å²) in [5.41, 5.74) is -0.543. The van der Waals surface area contributed by atoms with Gasteiger partial charge in [-0.3, -0.25) is 4.79 Å². The summed E-state index contributed by atoms with van der Waals surface area (Å²) in [6.45, 7) is 0. The molecule has 7 heteroatoms. The molecule has 104 valence electrons. The van der Waals surface area contributed by atoms with Crippen molar-refractivity contribution in [2.24, 2.45) is 0 Å². The molecule has 0 aliphatic heterocycles. The number of nitrogens with one attached hydrogen (secondary N) is 1. The van der Waals surface area contributed by atoms with E-state index in [-0.39, 0.29) is 5.82 Å². The maximum Gasteiger partial charge on any atom is 0.417 e. The van der Waals surface area contributed by atoms with Crippen LogP contribution in [0.25, 0.3) is 0 Å². The van der Waals surface area contributed by atoms with Gasteiger partial charge in [-0.15, -0.1) is 0 Å². The van der Waals surface area contributed by atoms with Crippen molar-refractivity contribution in [1.82, 2.24) is 4.98 Å². The van der Waals surface area contributed by atoms with Crippen molar-refractivity contribution in [2.75, 3.05) is 5.32 Å². The number of pyridine rings is 1. The number of amides is 1. The number of hydrogen-bond donors (Lipinski definition) is 1. The van der Waals surface area contributed by atoms with Crippen LogP contribution in [-0.2, 0) is 6.18 Å². The smallest absolute Gasteiger partial charge is 0.307 e. The maximum atomic E-state index is 12.3. The first-order valence-electron chi connectivity index (χ1n) is 5.46. The Morgan fingerprint density at radius 1 is 1.10 bits per heavy atom. The van der Waals surface area contributed by atoms with Gasteiger partial charge in [0.05, 0.1) is 5.56 Å². The van der Waals surface area contributed by atoms with Crippen LogP contribution >= 0.6 is 11.6 Å². The summed E-state index contributed by atoms with van der Waals surface area (Å²) >= 11 is 5.69. The quantitative estimate of drug-likeness (QED) is 0.910. The van der Waals surface area contributed by atoms with Gasteiger partial charge in [-0.25, -0.2) is 4.98 Å². The molecule has 1 N–H and O–H groups in total. The van der Waals surface area contributed by atoms with Gasteiger partial charge in [0.25, 0.3) is 5.91 Å². The number of carbonyl (C=O) groups excluding carboxylic acids is 1. The van der Waals surface area contributed by atoms with Crippen LogP contribution in [0.1, 0.15) is 15.9 Å². The van der Waals surface area contributed by atoms with Crippen LogP contribution in [0.5, 0.6) is 0 Å². The highest BCUT2D eigenvalue weighted by Crippen LogP contribution is 2.28. The van der Waals surface area contributed by atoms with Crippen LogP contribution in [0.3, 0.4) is 0 Å². The second-order valence-corrected chi connectivity index (χ2v) is 4.33.